The molecule has 4 unspecified atom stereocenters. The fraction of sp³-hybridized carbons (Fsp3) is 0.542. The first kappa shape index (κ1) is 24.5. The van der Waals surface area contributed by atoms with Crippen molar-refractivity contribution in [3.8, 4) is 5.75 Å². The van der Waals surface area contributed by atoms with Crippen molar-refractivity contribution in [3.05, 3.63) is 41.5 Å². The van der Waals surface area contributed by atoms with Gasteiger partial charge in [0.05, 0.1) is 18.9 Å². The minimum Gasteiger partial charge on any atom is -0.496 e. The first-order chi connectivity index (χ1) is 15.0. The monoisotopic (exact) mass is 552 g/mol. The summed E-state index contributed by atoms with van der Waals surface area (Å²) in [6.07, 6.45) is 6.79. The number of likely N-dealkylation sites (tertiary alicyclic amines) is 1. The molecule has 1 saturated heterocycles. The molecule has 4 atom stereocenters. The summed E-state index contributed by atoms with van der Waals surface area (Å²) in [7, 11) is 3.43. The van der Waals surface area contributed by atoms with Gasteiger partial charge in [-0.1, -0.05) is 24.3 Å². The van der Waals surface area contributed by atoms with Gasteiger partial charge in [0.25, 0.3) is 0 Å². The lowest BCUT2D eigenvalue weighted by molar-refractivity contribution is -0.140. The van der Waals surface area contributed by atoms with Gasteiger partial charge in [-0.05, 0) is 55.2 Å². The smallest absolute Gasteiger partial charge is 0.233 e. The molecule has 4 rings (SSSR count). The minimum absolute atomic E-state index is 0. The average Bonchev–Trinajstić information content (AvgIpc) is 3.45. The molecular formula is C24H33IN4O3. The first-order valence-corrected chi connectivity index (χ1v) is 11.1. The van der Waals surface area contributed by atoms with E-state index in [2.05, 4.69) is 46.0 Å². The normalized spacial score (nSPS) is 25.7. The highest BCUT2D eigenvalue weighted by molar-refractivity contribution is 14.0. The number of guanidine groups is 1. The van der Waals surface area contributed by atoms with Crippen LogP contribution in [0.1, 0.15) is 24.0 Å². The number of carbonyl (C=O) groups excluding carboxylic acids is 2. The number of fused-ring (bicyclic) bond motifs is 5. The van der Waals surface area contributed by atoms with Gasteiger partial charge in [-0.25, -0.2) is 0 Å². The standard InChI is InChI=1S/C24H32N4O3.HI/c1-15-5-6-16(13-19(15)31-3)9-11-27-24(25-2)26-10-4-12-28-22(29)20-17-7-8-18(14-17)21(20)23(28)30;/h5-8,13,17-18,20-21H,4,9-12,14H2,1-3H3,(H2,25,26,27);1H. The second-order valence-corrected chi connectivity index (χ2v) is 8.66. The largest absolute Gasteiger partial charge is 0.496 e. The van der Waals surface area contributed by atoms with Crippen molar-refractivity contribution in [1.82, 2.24) is 15.5 Å². The molecule has 7 nitrogen and oxygen atoms in total. The summed E-state index contributed by atoms with van der Waals surface area (Å²) in [5, 5.41) is 6.58. The molecule has 2 amide bonds. The summed E-state index contributed by atoms with van der Waals surface area (Å²) in [5.74, 6) is 2.01. The minimum atomic E-state index is -0.106. The number of amides is 2. The molecule has 1 aromatic carbocycles. The Morgan fingerprint density at radius 2 is 1.78 bits per heavy atom. The van der Waals surface area contributed by atoms with Gasteiger partial charge < -0.3 is 15.4 Å². The van der Waals surface area contributed by atoms with Gasteiger partial charge in [0.2, 0.25) is 11.8 Å². The van der Waals surface area contributed by atoms with Crippen LogP contribution < -0.4 is 15.4 Å². The maximum atomic E-state index is 12.7. The number of nitrogens with zero attached hydrogens (tertiary/aromatic N) is 2. The van der Waals surface area contributed by atoms with Crippen LogP contribution in [-0.2, 0) is 16.0 Å². The van der Waals surface area contributed by atoms with Crippen molar-refractivity contribution < 1.29 is 14.3 Å². The summed E-state index contributed by atoms with van der Waals surface area (Å²) < 4.78 is 5.38. The van der Waals surface area contributed by atoms with Crippen molar-refractivity contribution in [2.75, 3.05) is 33.8 Å². The number of aliphatic imine (C=N–C) groups is 1. The number of allylic oxidation sites excluding steroid dienone is 2. The summed E-state index contributed by atoms with van der Waals surface area (Å²) in [6, 6.07) is 6.24. The van der Waals surface area contributed by atoms with E-state index in [1.54, 1.807) is 14.2 Å². The molecule has 0 radical (unpaired) electrons. The van der Waals surface area contributed by atoms with Gasteiger partial charge in [-0.15, -0.1) is 24.0 Å². The molecule has 1 heterocycles. The lowest BCUT2D eigenvalue weighted by Gasteiger charge is -2.18. The number of carbonyl (C=O) groups is 2. The van der Waals surface area contributed by atoms with Crippen LogP contribution in [0.3, 0.4) is 0 Å². The molecule has 1 saturated carbocycles. The number of rotatable bonds is 8. The zero-order valence-electron chi connectivity index (χ0n) is 19.0. The van der Waals surface area contributed by atoms with Crippen LogP contribution in [0.15, 0.2) is 35.3 Å². The molecule has 0 aromatic heterocycles. The number of ether oxygens (including phenoxy) is 1. The Labute approximate surface area is 207 Å². The van der Waals surface area contributed by atoms with E-state index in [1.807, 2.05) is 6.92 Å². The highest BCUT2D eigenvalue weighted by Crippen LogP contribution is 2.52. The number of methoxy groups -OCH3 is 1. The van der Waals surface area contributed by atoms with Gasteiger partial charge >= 0.3 is 0 Å². The Morgan fingerprint density at radius 1 is 1.12 bits per heavy atom. The van der Waals surface area contributed by atoms with Crippen molar-refractivity contribution in [3.63, 3.8) is 0 Å². The number of nitrogens with one attached hydrogen (secondary N) is 2. The van der Waals surface area contributed by atoms with E-state index in [0.29, 0.717) is 19.5 Å². The van der Waals surface area contributed by atoms with Crippen LogP contribution >= 0.6 is 24.0 Å². The lowest BCUT2D eigenvalue weighted by Crippen LogP contribution is -2.40. The van der Waals surface area contributed by atoms with Crippen molar-refractivity contribution in [2.45, 2.75) is 26.2 Å². The molecule has 1 aromatic rings. The Hall–Kier alpha value is -2.10. The number of halogens is 1. The summed E-state index contributed by atoms with van der Waals surface area (Å²) in [5.41, 5.74) is 2.32. The van der Waals surface area contributed by atoms with E-state index in [4.69, 9.17) is 4.74 Å². The zero-order chi connectivity index (χ0) is 22.0. The number of hydrogen-bond donors (Lipinski definition) is 2. The highest BCUT2D eigenvalue weighted by atomic mass is 127. The summed E-state index contributed by atoms with van der Waals surface area (Å²) in [4.78, 5) is 31.2. The Kier molecular flexibility index (Phi) is 8.19. The van der Waals surface area contributed by atoms with E-state index in [1.165, 1.54) is 10.5 Å². The number of benzene rings is 1. The summed E-state index contributed by atoms with van der Waals surface area (Å²) in [6.45, 7) is 3.89. The van der Waals surface area contributed by atoms with Gasteiger partial charge in [0.15, 0.2) is 5.96 Å². The molecule has 8 heteroatoms. The van der Waals surface area contributed by atoms with E-state index < -0.39 is 0 Å². The number of imide groups is 1. The quantitative estimate of drug-likeness (QED) is 0.129. The first-order valence-electron chi connectivity index (χ1n) is 11.1. The summed E-state index contributed by atoms with van der Waals surface area (Å²) >= 11 is 0. The van der Waals surface area contributed by atoms with Crippen LogP contribution in [0, 0.1) is 30.6 Å². The topological polar surface area (TPSA) is 83.0 Å². The van der Waals surface area contributed by atoms with Crippen molar-refractivity contribution in [1.29, 1.82) is 0 Å². The third kappa shape index (κ3) is 4.79. The highest BCUT2D eigenvalue weighted by Gasteiger charge is 2.58. The molecule has 0 spiro atoms. The van der Waals surface area contributed by atoms with Gasteiger partial charge in [-0.2, -0.15) is 0 Å². The van der Waals surface area contributed by atoms with Crippen LogP contribution in [0.25, 0.3) is 0 Å². The Morgan fingerprint density at radius 3 is 2.41 bits per heavy atom. The molecule has 2 bridgehead atoms. The second-order valence-electron chi connectivity index (χ2n) is 8.66. The van der Waals surface area contributed by atoms with Crippen LogP contribution in [0.4, 0.5) is 0 Å². The molecule has 174 valence electrons. The van der Waals surface area contributed by atoms with Crippen molar-refractivity contribution >= 4 is 41.8 Å². The SMILES string of the molecule is CN=C(NCCCN1C(=O)C2C3C=CC(C3)C2C1=O)NCCc1ccc(C)c(OC)c1.I. The maximum Gasteiger partial charge on any atom is 0.233 e. The van der Waals surface area contributed by atoms with Crippen LogP contribution in [0.5, 0.6) is 5.75 Å². The van der Waals surface area contributed by atoms with E-state index in [-0.39, 0.29) is 59.5 Å². The third-order valence-electron chi connectivity index (χ3n) is 6.81. The molecule has 2 aliphatic carbocycles. The molecule has 2 N–H and O–H groups in total. The lowest BCUT2D eigenvalue weighted by atomic mass is 9.85. The van der Waals surface area contributed by atoms with Crippen LogP contribution in [-0.4, -0.2) is 56.5 Å². The van der Waals surface area contributed by atoms with Gasteiger partial charge in [-0.3, -0.25) is 19.5 Å². The Bertz CT molecular complexity index is 887. The third-order valence-corrected chi connectivity index (χ3v) is 6.81. The fourth-order valence-corrected chi connectivity index (χ4v) is 5.19. The molecule has 2 fully saturated rings. The molecule has 32 heavy (non-hydrogen) atoms. The van der Waals surface area contributed by atoms with E-state index >= 15 is 0 Å². The maximum absolute atomic E-state index is 12.7. The predicted molar refractivity (Wildman–Crippen MR) is 135 cm³/mol. The zero-order valence-corrected chi connectivity index (χ0v) is 21.3. The second kappa shape index (κ2) is 10.7. The molecule has 3 aliphatic rings. The fourth-order valence-electron chi connectivity index (χ4n) is 5.19. The van der Waals surface area contributed by atoms with E-state index in [9.17, 15) is 9.59 Å². The van der Waals surface area contributed by atoms with Gasteiger partial charge in [0.1, 0.15) is 5.75 Å². The average molecular weight is 552 g/mol. The van der Waals surface area contributed by atoms with Crippen molar-refractivity contribution in [2.24, 2.45) is 28.7 Å². The molecular weight excluding hydrogens is 519 g/mol. The van der Waals surface area contributed by atoms with Gasteiger partial charge in [0, 0.05) is 26.7 Å². The number of aryl methyl sites for hydroxylation is 1. The Balaban J connectivity index is 0.00000289. The van der Waals surface area contributed by atoms with Crippen LogP contribution in [0.2, 0.25) is 0 Å². The van der Waals surface area contributed by atoms with E-state index in [0.717, 1.165) is 36.7 Å². The predicted octanol–water partition coefficient (Wildman–Crippen LogP) is 2.53. The molecule has 1 aliphatic heterocycles. The number of hydrogen-bond acceptors (Lipinski definition) is 4.